The number of likely N-dealkylation sites (tertiary alicyclic amines) is 1. The Kier molecular flexibility index (Phi) is 4.15. The Labute approximate surface area is 120 Å². The van der Waals surface area contributed by atoms with Crippen LogP contribution in [-0.4, -0.2) is 35.8 Å². The van der Waals surface area contributed by atoms with Crippen molar-refractivity contribution >= 4 is 11.8 Å². The van der Waals surface area contributed by atoms with E-state index in [1.54, 1.807) is 0 Å². The number of hydrogen-bond acceptors (Lipinski definition) is 3. The predicted molar refractivity (Wildman–Crippen MR) is 82.6 cm³/mol. The minimum Gasteiger partial charge on any atom is -0.329 e. The normalized spacial score (nSPS) is 31.4. The Morgan fingerprint density at radius 3 is 3.00 bits per heavy atom. The molecule has 2 aliphatic rings. The highest BCUT2D eigenvalue weighted by atomic mass is 32.2. The maximum Gasteiger partial charge on any atom is 0.0263 e. The third-order valence-corrected chi connectivity index (χ3v) is 5.83. The van der Waals surface area contributed by atoms with Gasteiger partial charge in [-0.15, -0.1) is 11.8 Å². The highest BCUT2D eigenvalue weighted by Crippen LogP contribution is 2.37. The van der Waals surface area contributed by atoms with Gasteiger partial charge in [-0.05, 0) is 43.4 Å². The number of hydrogen-bond donors (Lipinski definition) is 1. The van der Waals surface area contributed by atoms with E-state index >= 15 is 0 Å². The summed E-state index contributed by atoms with van der Waals surface area (Å²) in [6, 6.07) is 9.46. The molecule has 3 rings (SSSR count). The highest BCUT2D eigenvalue weighted by Gasteiger charge is 2.30. The van der Waals surface area contributed by atoms with Crippen LogP contribution in [0.25, 0.3) is 0 Å². The number of rotatable bonds is 3. The highest BCUT2D eigenvalue weighted by molar-refractivity contribution is 8.00. The van der Waals surface area contributed by atoms with Crippen LogP contribution in [0, 0.1) is 5.92 Å². The van der Waals surface area contributed by atoms with E-state index in [1.807, 2.05) is 0 Å². The van der Waals surface area contributed by atoms with E-state index in [0.717, 1.165) is 17.7 Å². The van der Waals surface area contributed by atoms with Crippen molar-refractivity contribution in [1.82, 2.24) is 4.90 Å². The van der Waals surface area contributed by atoms with Gasteiger partial charge in [-0.3, -0.25) is 4.90 Å². The Morgan fingerprint density at radius 2 is 2.21 bits per heavy atom. The standard InChI is InChI=1S/C16H24N2S/c1-12-6-7-18(14(8-12)10-17)11-15-9-13-4-2-3-5-16(13)19-15/h2-5,12,14-15H,6-11,17H2,1H3. The van der Waals surface area contributed by atoms with E-state index in [1.165, 1.54) is 42.8 Å². The smallest absolute Gasteiger partial charge is 0.0263 e. The number of piperidine rings is 1. The van der Waals surface area contributed by atoms with Crippen LogP contribution in [0.4, 0.5) is 0 Å². The second-order valence-electron chi connectivity index (χ2n) is 6.07. The summed E-state index contributed by atoms with van der Waals surface area (Å²) in [5, 5.41) is 0.722. The fraction of sp³-hybridized carbons (Fsp3) is 0.625. The van der Waals surface area contributed by atoms with Crippen LogP contribution < -0.4 is 5.73 Å². The summed E-state index contributed by atoms with van der Waals surface area (Å²) in [7, 11) is 0. The zero-order valence-corrected chi connectivity index (χ0v) is 12.5. The van der Waals surface area contributed by atoms with E-state index in [0.29, 0.717) is 6.04 Å². The molecule has 0 bridgehead atoms. The van der Waals surface area contributed by atoms with Gasteiger partial charge >= 0.3 is 0 Å². The number of nitrogens with zero attached hydrogens (tertiary/aromatic N) is 1. The lowest BCUT2D eigenvalue weighted by Gasteiger charge is -2.39. The molecule has 0 aromatic heterocycles. The first-order valence-electron chi connectivity index (χ1n) is 7.45. The van der Waals surface area contributed by atoms with E-state index in [4.69, 9.17) is 5.73 Å². The van der Waals surface area contributed by atoms with Crippen molar-refractivity contribution in [2.75, 3.05) is 19.6 Å². The third-order valence-electron chi connectivity index (χ3n) is 4.52. The van der Waals surface area contributed by atoms with Crippen molar-refractivity contribution in [2.45, 2.75) is 42.4 Å². The second kappa shape index (κ2) is 5.86. The Balaban J connectivity index is 1.61. The molecule has 2 aliphatic heterocycles. The van der Waals surface area contributed by atoms with Crippen LogP contribution in [-0.2, 0) is 6.42 Å². The molecule has 3 unspecified atom stereocenters. The first kappa shape index (κ1) is 13.5. The van der Waals surface area contributed by atoms with Gasteiger partial charge in [-0.25, -0.2) is 0 Å². The van der Waals surface area contributed by atoms with Crippen LogP contribution >= 0.6 is 11.8 Å². The molecule has 104 valence electrons. The van der Waals surface area contributed by atoms with Crippen LogP contribution in [0.1, 0.15) is 25.3 Å². The SMILES string of the molecule is CC1CCN(CC2Cc3ccccc3S2)C(CN)C1. The predicted octanol–water partition coefficient (Wildman–Crippen LogP) is 2.76. The molecule has 0 spiro atoms. The van der Waals surface area contributed by atoms with Crippen LogP contribution in [0.15, 0.2) is 29.2 Å². The van der Waals surface area contributed by atoms with E-state index in [2.05, 4.69) is 47.9 Å². The molecule has 2 heterocycles. The minimum absolute atomic E-state index is 0.605. The van der Waals surface area contributed by atoms with Crippen molar-refractivity contribution in [3.05, 3.63) is 29.8 Å². The Bertz CT molecular complexity index is 410. The Hall–Kier alpha value is -0.510. The molecule has 0 amide bonds. The van der Waals surface area contributed by atoms with E-state index in [9.17, 15) is 0 Å². The third kappa shape index (κ3) is 2.99. The van der Waals surface area contributed by atoms with Crippen molar-refractivity contribution in [3.8, 4) is 0 Å². The molecule has 19 heavy (non-hydrogen) atoms. The van der Waals surface area contributed by atoms with Gasteiger partial charge in [0.2, 0.25) is 0 Å². The molecular weight excluding hydrogens is 252 g/mol. The molecule has 1 saturated heterocycles. The number of fused-ring (bicyclic) bond motifs is 1. The number of benzene rings is 1. The van der Waals surface area contributed by atoms with Gasteiger partial charge in [-0.2, -0.15) is 0 Å². The van der Waals surface area contributed by atoms with Crippen molar-refractivity contribution in [3.63, 3.8) is 0 Å². The lowest BCUT2D eigenvalue weighted by Crippen LogP contribution is -2.48. The van der Waals surface area contributed by atoms with Gasteiger partial charge in [0.05, 0.1) is 0 Å². The summed E-state index contributed by atoms with van der Waals surface area (Å²) in [4.78, 5) is 4.13. The lowest BCUT2D eigenvalue weighted by atomic mass is 9.92. The van der Waals surface area contributed by atoms with Crippen LogP contribution in [0.5, 0.6) is 0 Å². The topological polar surface area (TPSA) is 29.3 Å². The molecule has 2 nitrogen and oxygen atoms in total. The van der Waals surface area contributed by atoms with Gasteiger partial charge in [0.1, 0.15) is 0 Å². The fourth-order valence-electron chi connectivity index (χ4n) is 3.40. The molecule has 0 radical (unpaired) electrons. The first-order chi connectivity index (χ1) is 9.26. The zero-order chi connectivity index (χ0) is 13.2. The molecule has 3 atom stereocenters. The zero-order valence-electron chi connectivity index (χ0n) is 11.7. The maximum absolute atomic E-state index is 5.97. The summed E-state index contributed by atoms with van der Waals surface area (Å²) in [5.74, 6) is 0.846. The minimum atomic E-state index is 0.605. The number of nitrogens with two attached hydrogens (primary N) is 1. The van der Waals surface area contributed by atoms with E-state index in [-0.39, 0.29) is 0 Å². The average Bonchev–Trinajstić information content (AvgIpc) is 2.83. The molecule has 1 aromatic rings. The molecule has 2 N–H and O–H groups in total. The van der Waals surface area contributed by atoms with Crippen molar-refractivity contribution < 1.29 is 0 Å². The summed E-state index contributed by atoms with van der Waals surface area (Å²) in [5.41, 5.74) is 7.50. The summed E-state index contributed by atoms with van der Waals surface area (Å²) >= 11 is 2.06. The maximum atomic E-state index is 5.97. The lowest BCUT2D eigenvalue weighted by molar-refractivity contribution is 0.123. The molecule has 1 aromatic carbocycles. The first-order valence-corrected chi connectivity index (χ1v) is 8.33. The largest absolute Gasteiger partial charge is 0.329 e. The van der Waals surface area contributed by atoms with E-state index < -0.39 is 0 Å². The number of thioether (sulfide) groups is 1. The fourth-order valence-corrected chi connectivity index (χ4v) is 4.75. The quantitative estimate of drug-likeness (QED) is 0.920. The van der Waals surface area contributed by atoms with Gasteiger partial charge in [0, 0.05) is 29.3 Å². The van der Waals surface area contributed by atoms with Crippen molar-refractivity contribution in [2.24, 2.45) is 11.7 Å². The molecule has 0 aliphatic carbocycles. The average molecular weight is 276 g/mol. The molecule has 0 saturated carbocycles. The molecule has 1 fully saturated rings. The molecule has 3 heteroatoms. The second-order valence-corrected chi connectivity index (χ2v) is 7.41. The van der Waals surface area contributed by atoms with Crippen molar-refractivity contribution in [1.29, 1.82) is 0 Å². The van der Waals surface area contributed by atoms with Gasteiger partial charge in [0.25, 0.3) is 0 Å². The molecular formula is C16H24N2S. The summed E-state index contributed by atoms with van der Waals surface area (Å²) in [6.07, 6.45) is 3.84. The van der Waals surface area contributed by atoms with Crippen LogP contribution in [0.2, 0.25) is 0 Å². The van der Waals surface area contributed by atoms with Gasteiger partial charge < -0.3 is 5.73 Å². The summed E-state index contributed by atoms with van der Waals surface area (Å²) in [6.45, 7) is 5.61. The monoisotopic (exact) mass is 276 g/mol. The van der Waals surface area contributed by atoms with Crippen LogP contribution in [0.3, 0.4) is 0 Å². The Morgan fingerprint density at radius 1 is 1.37 bits per heavy atom. The van der Waals surface area contributed by atoms with Gasteiger partial charge in [0.15, 0.2) is 0 Å². The summed E-state index contributed by atoms with van der Waals surface area (Å²) < 4.78 is 0. The van der Waals surface area contributed by atoms with Gasteiger partial charge in [-0.1, -0.05) is 25.1 Å².